The molecular formula is C15H18N4O4. The van der Waals surface area contributed by atoms with E-state index in [1.807, 2.05) is 0 Å². The molecule has 122 valence electrons. The summed E-state index contributed by atoms with van der Waals surface area (Å²) in [5.74, 6) is -0.802. The fourth-order valence-corrected chi connectivity index (χ4v) is 2.31. The van der Waals surface area contributed by atoms with E-state index in [4.69, 9.17) is 0 Å². The van der Waals surface area contributed by atoms with Gasteiger partial charge in [0.1, 0.15) is 17.1 Å². The number of anilines is 1. The van der Waals surface area contributed by atoms with E-state index >= 15 is 0 Å². The highest BCUT2D eigenvalue weighted by Gasteiger charge is 2.24. The maximum Gasteiger partial charge on any atom is 0.312 e. The van der Waals surface area contributed by atoms with Crippen LogP contribution in [0.15, 0.2) is 24.3 Å². The van der Waals surface area contributed by atoms with Crippen molar-refractivity contribution in [2.75, 3.05) is 5.32 Å². The van der Waals surface area contributed by atoms with Gasteiger partial charge in [-0.15, -0.1) is 0 Å². The average molecular weight is 318 g/mol. The van der Waals surface area contributed by atoms with E-state index in [0.717, 1.165) is 0 Å². The predicted octanol–water partition coefficient (Wildman–Crippen LogP) is 2.39. The number of phenols is 1. The molecule has 1 aromatic carbocycles. The van der Waals surface area contributed by atoms with E-state index < -0.39 is 10.8 Å². The van der Waals surface area contributed by atoms with Crippen molar-refractivity contribution in [3.8, 4) is 5.75 Å². The molecule has 23 heavy (non-hydrogen) atoms. The van der Waals surface area contributed by atoms with Gasteiger partial charge < -0.3 is 10.4 Å². The van der Waals surface area contributed by atoms with Crippen LogP contribution in [0.5, 0.6) is 5.75 Å². The van der Waals surface area contributed by atoms with E-state index in [2.05, 4.69) is 10.4 Å². The van der Waals surface area contributed by atoms with Crippen molar-refractivity contribution >= 4 is 17.3 Å². The van der Waals surface area contributed by atoms with Gasteiger partial charge in [-0.1, -0.05) is 19.1 Å². The molecule has 0 saturated heterocycles. The molecule has 0 aliphatic heterocycles. The van der Waals surface area contributed by atoms with Crippen LogP contribution in [0, 0.1) is 29.9 Å². The van der Waals surface area contributed by atoms with Gasteiger partial charge in [0.15, 0.2) is 0 Å². The minimum absolute atomic E-state index is 0.0187. The van der Waals surface area contributed by atoms with Gasteiger partial charge in [-0.3, -0.25) is 19.6 Å². The molecule has 0 fully saturated rings. The maximum atomic E-state index is 12.2. The Balaban J connectivity index is 2.12. The highest BCUT2D eigenvalue weighted by Crippen LogP contribution is 2.24. The molecule has 0 aliphatic rings. The van der Waals surface area contributed by atoms with Crippen molar-refractivity contribution in [1.82, 2.24) is 9.78 Å². The van der Waals surface area contributed by atoms with Crippen molar-refractivity contribution in [3.63, 3.8) is 0 Å². The topological polar surface area (TPSA) is 110 Å². The second kappa shape index (κ2) is 6.47. The zero-order valence-corrected chi connectivity index (χ0v) is 13.1. The third-order valence-electron chi connectivity index (χ3n) is 3.58. The monoisotopic (exact) mass is 318 g/mol. The van der Waals surface area contributed by atoms with Crippen LogP contribution in [0.2, 0.25) is 0 Å². The molecule has 2 N–H and O–H groups in total. The summed E-state index contributed by atoms with van der Waals surface area (Å²) in [7, 11) is 0. The van der Waals surface area contributed by atoms with Crippen LogP contribution in [0.1, 0.15) is 18.3 Å². The molecule has 8 heteroatoms. The Hall–Kier alpha value is -2.90. The zero-order valence-electron chi connectivity index (χ0n) is 13.1. The highest BCUT2D eigenvalue weighted by molar-refractivity contribution is 5.93. The molecule has 1 unspecified atom stereocenters. The van der Waals surface area contributed by atoms with Crippen LogP contribution in [-0.4, -0.2) is 25.7 Å². The number of nitrogens with zero attached hydrogens (tertiary/aromatic N) is 3. The van der Waals surface area contributed by atoms with Crippen LogP contribution in [0.4, 0.5) is 11.4 Å². The number of hydrogen-bond donors (Lipinski definition) is 2. The first kappa shape index (κ1) is 16.5. The largest absolute Gasteiger partial charge is 0.506 e. The lowest BCUT2D eigenvalue weighted by atomic mass is 10.1. The Morgan fingerprint density at radius 2 is 2.09 bits per heavy atom. The number of phenolic OH excluding ortho intramolecular Hbond substituents is 1. The van der Waals surface area contributed by atoms with Crippen LogP contribution >= 0.6 is 0 Å². The Bertz CT molecular complexity index is 754. The third kappa shape index (κ3) is 3.47. The summed E-state index contributed by atoms with van der Waals surface area (Å²) in [5.41, 5.74) is 1.03. The quantitative estimate of drug-likeness (QED) is 0.499. The number of carbonyl (C=O) groups is 1. The van der Waals surface area contributed by atoms with Crippen molar-refractivity contribution in [1.29, 1.82) is 0 Å². The minimum Gasteiger partial charge on any atom is -0.506 e. The number of aromatic hydroxyl groups is 1. The fourth-order valence-electron chi connectivity index (χ4n) is 2.31. The molecule has 1 heterocycles. The van der Waals surface area contributed by atoms with Crippen molar-refractivity contribution < 1.29 is 14.8 Å². The number of amides is 1. The second-order valence-electron chi connectivity index (χ2n) is 5.37. The molecular weight excluding hydrogens is 300 g/mol. The number of nitro groups is 1. The highest BCUT2D eigenvalue weighted by atomic mass is 16.6. The first-order valence-electron chi connectivity index (χ1n) is 7.08. The Morgan fingerprint density at radius 1 is 1.43 bits per heavy atom. The van der Waals surface area contributed by atoms with Crippen molar-refractivity contribution in [2.45, 2.75) is 27.3 Å². The summed E-state index contributed by atoms with van der Waals surface area (Å²) in [6.45, 7) is 5.07. The number of rotatable bonds is 5. The Labute approximate surface area is 132 Å². The normalized spacial score (nSPS) is 12.0. The third-order valence-corrected chi connectivity index (χ3v) is 3.58. The maximum absolute atomic E-state index is 12.2. The number of aryl methyl sites for hydroxylation is 1. The van der Waals surface area contributed by atoms with E-state index in [0.29, 0.717) is 17.1 Å². The van der Waals surface area contributed by atoms with Crippen LogP contribution in [0.3, 0.4) is 0 Å². The number of hydrogen-bond acceptors (Lipinski definition) is 5. The van der Waals surface area contributed by atoms with Crippen molar-refractivity contribution in [3.05, 3.63) is 45.8 Å². The molecule has 8 nitrogen and oxygen atoms in total. The van der Waals surface area contributed by atoms with Crippen LogP contribution in [-0.2, 0) is 11.3 Å². The predicted molar refractivity (Wildman–Crippen MR) is 84.3 cm³/mol. The van der Waals surface area contributed by atoms with Crippen LogP contribution in [0.25, 0.3) is 0 Å². The molecule has 2 aromatic rings. The lowest BCUT2D eigenvalue weighted by Crippen LogP contribution is -2.25. The van der Waals surface area contributed by atoms with Gasteiger partial charge in [-0.25, -0.2) is 0 Å². The molecule has 2 rings (SSSR count). The smallest absolute Gasteiger partial charge is 0.312 e. The number of carbonyl (C=O) groups excluding carboxylic acids is 1. The van der Waals surface area contributed by atoms with Gasteiger partial charge in [0.25, 0.3) is 0 Å². The van der Waals surface area contributed by atoms with Gasteiger partial charge in [-0.05, 0) is 26.0 Å². The summed E-state index contributed by atoms with van der Waals surface area (Å²) in [6.07, 6.45) is 0. The van der Waals surface area contributed by atoms with Crippen LogP contribution < -0.4 is 5.32 Å². The van der Waals surface area contributed by atoms with E-state index in [1.54, 1.807) is 39.0 Å². The first-order valence-corrected chi connectivity index (χ1v) is 7.08. The fraction of sp³-hybridized carbons (Fsp3) is 0.333. The SMILES string of the molecule is Cc1nn(CC(C)C(=O)Nc2ccccc2O)c(C)c1[N+](=O)[O-]. The molecule has 1 aromatic heterocycles. The van der Waals surface area contributed by atoms with Gasteiger partial charge in [0.05, 0.1) is 23.1 Å². The number of aromatic nitrogens is 2. The summed E-state index contributed by atoms with van der Waals surface area (Å²) in [6, 6.07) is 6.42. The number of nitrogens with one attached hydrogen (secondary N) is 1. The van der Waals surface area contributed by atoms with E-state index in [9.17, 15) is 20.0 Å². The van der Waals surface area contributed by atoms with Gasteiger partial charge in [0, 0.05) is 0 Å². The average Bonchev–Trinajstić information content (AvgIpc) is 2.75. The van der Waals surface area contributed by atoms with Gasteiger partial charge in [0.2, 0.25) is 5.91 Å². The molecule has 0 spiro atoms. The molecule has 1 atom stereocenters. The van der Waals surface area contributed by atoms with Crippen molar-refractivity contribution in [2.24, 2.45) is 5.92 Å². The summed E-state index contributed by atoms with van der Waals surface area (Å²) in [5, 5.41) is 27.4. The second-order valence-corrected chi connectivity index (χ2v) is 5.37. The minimum atomic E-state index is -0.479. The standard InChI is InChI=1S/C15H18N4O4/c1-9(15(21)16-12-6-4-5-7-13(12)20)8-18-11(3)14(19(22)23)10(2)17-18/h4-7,9,20H,8H2,1-3H3,(H,16,21). The van der Waals surface area contributed by atoms with E-state index in [-0.39, 0.29) is 23.9 Å². The zero-order chi connectivity index (χ0) is 17.1. The van der Waals surface area contributed by atoms with Gasteiger partial charge in [-0.2, -0.15) is 5.10 Å². The summed E-state index contributed by atoms with van der Waals surface area (Å²) < 4.78 is 1.46. The lowest BCUT2D eigenvalue weighted by Gasteiger charge is -2.13. The number of benzene rings is 1. The first-order chi connectivity index (χ1) is 10.8. The summed E-state index contributed by atoms with van der Waals surface area (Å²) >= 11 is 0. The molecule has 0 bridgehead atoms. The van der Waals surface area contributed by atoms with E-state index in [1.165, 1.54) is 10.7 Å². The molecule has 1 amide bonds. The summed E-state index contributed by atoms with van der Waals surface area (Å²) in [4.78, 5) is 22.7. The Kier molecular flexibility index (Phi) is 4.63. The number of para-hydroxylation sites is 2. The van der Waals surface area contributed by atoms with Gasteiger partial charge >= 0.3 is 5.69 Å². The molecule has 0 saturated carbocycles. The molecule has 0 radical (unpaired) electrons. The Morgan fingerprint density at radius 3 is 2.65 bits per heavy atom. The lowest BCUT2D eigenvalue weighted by molar-refractivity contribution is -0.386. The molecule has 0 aliphatic carbocycles.